The van der Waals surface area contributed by atoms with E-state index >= 15 is 0 Å². The number of nitrogens with zero attached hydrogens (tertiary/aromatic N) is 1. The van der Waals surface area contributed by atoms with Crippen LogP contribution >= 0.6 is 11.6 Å². The fourth-order valence-corrected chi connectivity index (χ4v) is 3.22. The third-order valence-electron chi connectivity index (χ3n) is 3.93. The Hall–Kier alpha value is -1.58. The van der Waals surface area contributed by atoms with Crippen LogP contribution in [-0.2, 0) is 12.1 Å². The van der Waals surface area contributed by atoms with Crippen molar-refractivity contribution in [2.45, 2.75) is 46.7 Å². The van der Waals surface area contributed by atoms with Crippen LogP contribution in [0.3, 0.4) is 0 Å². The number of halogens is 1. The van der Waals surface area contributed by atoms with Crippen LogP contribution in [0.2, 0.25) is 5.02 Å². The number of Topliss-reactive ketones (excluding diaryl/α,β-unsaturated/α-hetero) is 1. The zero-order chi connectivity index (χ0) is 17.2. The Balaban J connectivity index is 2.03. The highest BCUT2D eigenvalue weighted by Gasteiger charge is 2.22. The van der Waals surface area contributed by atoms with Crippen LogP contribution in [0.5, 0.6) is 0 Å². The van der Waals surface area contributed by atoms with Crippen molar-refractivity contribution in [1.82, 2.24) is 9.88 Å². The smallest absolute Gasteiger partial charge is 0.178 e. The van der Waals surface area contributed by atoms with Gasteiger partial charge in [-0.1, -0.05) is 23.7 Å². The van der Waals surface area contributed by atoms with Gasteiger partial charge in [0.15, 0.2) is 5.78 Å². The van der Waals surface area contributed by atoms with E-state index in [0.29, 0.717) is 13.1 Å². The Morgan fingerprint density at radius 2 is 1.78 bits per heavy atom. The van der Waals surface area contributed by atoms with Crippen molar-refractivity contribution in [1.29, 1.82) is 0 Å². The molecular formula is C19H25ClN2O. The molecule has 2 aromatic rings. The largest absolute Gasteiger partial charge is 0.343 e. The number of ketones is 1. The summed E-state index contributed by atoms with van der Waals surface area (Å²) in [6.45, 7) is 11.5. The van der Waals surface area contributed by atoms with Crippen LogP contribution < -0.4 is 5.32 Å². The SMILES string of the molecule is Cc1cc(C(=O)CNCc2ccc(Cl)cc2)c(C)n1C(C)(C)C. The highest BCUT2D eigenvalue weighted by Crippen LogP contribution is 2.24. The van der Waals surface area contributed by atoms with Gasteiger partial charge in [-0.05, 0) is 58.4 Å². The summed E-state index contributed by atoms with van der Waals surface area (Å²) in [5.74, 6) is 0.127. The molecule has 1 aromatic carbocycles. The molecule has 0 unspecified atom stereocenters. The van der Waals surface area contributed by atoms with E-state index in [1.165, 1.54) is 0 Å². The van der Waals surface area contributed by atoms with Gasteiger partial charge in [0.05, 0.1) is 6.54 Å². The molecule has 0 aliphatic rings. The summed E-state index contributed by atoms with van der Waals surface area (Å²) in [5.41, 5.74) is 4.05. The molecule has 1 N–H and O–H groups in total. The van der Waals surface area contributed by atoms with Gasteiger partial charge < -0.3 is 9.88 Å². The van der Waals surface area contributed by atoms with E-state index < -0.39 is 0 Å². The van der Waals surface area contributed by atoms with E-state index in [9.17, 15) is 4.79 Å². The molecule has 3 nitrogen and oxygen atoms in total. The Bertz CT molecular complexity index is 693. The van der Waals surface area contributed by atoms with Crippen molar-refractivity contribution < 1.29 is 4.79 Å². The molecule has 23 heavy (non-hydrogen) atoms. The number of hydrogen-bond donors (Lipinski definition) is 1. The third kappa shape index (κ3) is 4.24. The zero-order valence-corrected chi connectivity index (χ0v) is 15.3. The lowest BCUT2D eigenvalue weighted by Gasteiger charge is -2.25. The Kier molecular flexibility index (Phi) is 5.33. The Labute approximate surface area is 143 Å². The molecule has 0 bridgehead atoms. The van der Waals surface area contributed by atoms with Crippen LogP contribution in [0.1, 0.15) is 48.1 Å². The van der Waals surface area contributed by atoms with E-state index in [0.717, 1.165) is 27.5 Å². The number of aromatic nitrogens is 1. The van der Waals surface area contributed by atoms with Gasteiger partial charge in [-0.3, -0.25) is 4.79 Å². The van der Waals surface area contributed by atoms with Crippen molar-refractivity contribution in [2.24, 2.45) is 0 Å². The first-order valence-corrected chi connectivity index (χ1v) is 8.25. The quantitative estimate of drug-likeness (QED) is 0.819. The minimum absolute atomic E-state index is 0.0244. The molecule has 4 heteroatoms. The molecule has 2 rings (SSSR count). The fraction of sp³-hybridized carbons (Fsp3) is 0.421. The first-order valence-electron chi connectivity index (χ1n) is 7.88. The maximum absolute atomic E-state index is 12.5. The molecule has 124 valence electrons. The summed E-state index contributed by atoms with van der Waals surface area (Å²) in [6.07, 6.45) is 0. The van der Waals surface area contributed by atoms with Crippen LogP contribution in [0.25, 0.3) is 0 Å². The minimum Gasteiger partial charge on any atom is -0.343 e. The summed E-state index contributed by atoms with van der Waals surface area (Å²) in [4.78, 5) is 12.5. The Morgan fingerprint density at radius 3 is 2.30 bits per heavy atom. The number of benzene rings is 1. The molecule has 0 aliphatic heterocycles. The van der Waals surface area contributed by atoms with Gasteiger partial charge in [0.25, 0.3) is 0 Å². The van der Waals surface area contributed by atoms with E-state index in [2.05, 4.69) is 37.6 Å². The normalized spacial score (nSPS) is 11.7. The standard InChI is InChI=1S/C19H25ClN2O/c1-13-10-17(14(2)22(13)19(3,4)5)18(23)12-21-11-15-6-8-16(20)9-7-15/h6-10,21H,11-12H2,1-5H3. The third-order valence-corrected chi connectivity index (χ3v) is 4.18. The van der Waals surface area contributed by atoms with Gasteiger partial charge in [-0.15, -0.1) is 0 Å². The van der Waals surface area contributed by atoms with Crippen molar-refractivity contribution in [2.75, 3.05) is 6.54 Å². The van der Waals surface area contributed by atoms with Crippen LogP contribution in [-0.4, -0.2) is 16.9 Å². The highest BCUT2D eigenvalue weighted by molar-refractivity contribution is 6.30. The van der Waals surface area contributed by atoms with Gasteiger partial charge in [-0.2, -0.15) is 0 Å². The summed E-state index contributed by atoms with van der Waals surface area (Å²) >= 11 is 5.87. The molecule has 0 atom stereocenters. The Morgan fingerprint density at radius 1 is 1.17 bits per heavy atom. The van der Waals surface area contributed by atoms with Crippen molar-refractivity contribution >= 4 is 17.4 Å². The molecule has 0 saturated carbocycles. The minimum atomic E-state index is -0.0244. The molecule has 1 heterocycles. The summed E-state index contributed by atoms with van der Waals surface area (Å²) in [6, 6.07) is 9.64. The fourth-order valence-electron chi connectivity index (χ4n) is 3.10. The number of nitrogens with one attached hydrogen (secondary N) is 1. The first-order chi connectivity index (χ1) is 10.7. The van der Waals surface area contributed by atoms with E-state index in [1.54, 1.807) is 0 Å². The summed E-state index contributed by atoms with van der Waals surface area (Å²) < 4.78 is 2.22. The number of carbonyl (C=O) groups is 1. The predicted molar refractivity (Wildman–Crippen MR) is 96.4 cm³/mol. The van der Waals surface area contributed by atoms with Gasteiger partial charge in [0.2, 0.25) is 0 Å². The lowest BCUT2D eigenvalue weighted by molar-refractivity contribution is 0.0990. The van der Waals surface area contributed by atoms with E-state index in [1.807, 2.05) is 37.3 Å². The van der Waals surface area contributed by atoms with Crippen LogP contribution in [0.15, 0.2) is 30.3 Å². The van der Waals surface area contributed by atoms with Gasteiger partial charge >= 0.3 is 0 Å². The van der Waals surface area contributed by atoms with Gasteiger partial charge in [-0.25, -0.2) is 0 Å². The average Bonchev–Trinajstić information content (AvgIpc) is 2.75. The maximum atomic E-state index is 12.5. The summed E-state index contributed by atoms with van der Waals surface area (Å²) in [5, 5.41) is 3.93. The highest BCUT2D eigenvalue weighted by atomic mass is 35.5. The lowest BCUT2D eigenvalue weighted by atomic mass is 10.1. The molecule has 0 amide bonds. The second kappa shape index (κ2) is 6.90. The van der Waals surface area contributed by atoms with Gasteiger partial charge in [0, 0.05) is 34.1 Å². The van der Waals surface area contributed by atoms with Crippen LogP contribution in [0, 0.1) is 13.8 Å². The van der Waals surface area contributed by atoms with Crippen molar-refractivity contribution in [3.8, 4) is 0 Å². The molecule has 1 aromatic heterocycles. The molecule has 0 radical (unpaired) electrons. The number of hydrogen-bond acceptors (Lipinski definition) is 2. The predicted octanol–water partition coefficient (Wildman–Crippen LogP) is 4.49. The monoisotopic (exact) mass is 332 g/mol. The lowest BCUT2D eigenvalue weighted by Crippen LogP contribution is -2.26. The molecule has 0 spiro atoms. The van der Waals surface area contributed by atoms with Crippen molar-refractivity contribution in [3.63, 3.8) is 0 Å². The maximum Gasteiger partial charge on any atom is 0.178 e. The first kappa shape index (κ1) is 17.8. The molecule has 0 saturated heterocycles. The van der Waals surface area contributed by atoms with Crippen molar-refractivity contribution in [3.05, 3.63) is 57.9 Å². The topological polar surface area (TPSA) is 34.0 Å². The number of rotatable bonds is 5. The second-order valence-electron chi connectivity index (χ2n) is 6.94. The molecule has 0 fully saturated rings. The second-order valence-corrected chi connectivity index (χ2v) is 7.38. The van der Waals surface area contributed by atoms with Crippen LogP contribution in [0.4, 0.5) is 0 Å². The zero-order valence-electron chi connectivity index (χ0n) is 14.5. The van der Waals surface area contributed by atoms with E-state index in [4.69, 9.17) is 11.6 Å². The number of carbonyl (C=O) groups excluding carboxylic acids is 1. The summed E-state index contributed by atoms with van der Waals surface area (Å²) in [7, 11) is 0. The van der Waals surface area contributed by atoms with Gasteiger partial charge in [0.1, 0.15) is 0 Å². The molecule has 0 aliphatic carbocycles. The molecular weight excluding hydrogens is 308 g/mol. The average molecular weight is 333 g/mol. The number of aryl methyl sites for hydroxylation is 1. The van der Waals surface area contributed by atoms with E-state index in [-0.39, 0.29) is 11.3 Å².